The van der Waals surface area contributed by atoms with Crippen LogP contribution < -0.4 is 10.9 Å². The van der Waals surface area contributed by atoms with Gasteiger partial charge in [0.25, 0.3) is 5.56 Å². The van der Waals surface area contributed by atoms with Gasteiger partial charge < -0.3 is 9.88 Å². The summed E-state index contributed by atoms with van der Waals surface area (Å²) in [6.07, 6.45) is 4.37. The minimum Gasteiger partial charge on any atom is -0.352 e. The summed E-state index contributed by atoms with van der Waals surface area (Å²) < 4.78 is 16.7. The Hall–Kier alpha value is -2.21. The highest BCUT2D eigenvalue weighted by Crippen LogP contribution is 2.32. The molecule has 1 N–H and O–H groups in total. The number of allylic oxidation sites excluding steroid dienone is 1. The molecule has 6 heteroatoms. The summed E-state index contributed by atoms with van der Waals surface area (Å²) in [5.74, 6) is -0.250. The number of anilines is 2. The van der Waals surface area contributed by atoms with Gasteiger partial charge in [-0.25, -0.2) is 4.39 Å². The zero-order valence-corrected chi connectivity index (χ0v) is 17.7. The Morgan fingerprint density at radius 3 is 2.89 bits per heavy atom. The molecular formula is C22H24BrFN2O2. The Kier molecular flexibility index (Phi) is 6.18. The van der Waals surface area contributed by atoms with Crippen molar-refractivity contribution in [3.05, 3.63) is 68.3 Å². The predicted molar refractivity (Wildman–Crippen MR) is 114 cm³/mol. The van der Waals surface area contributed by atoms with E-state index in [9.17, 15) is 14.0 Å². The SMILES string of the molecule is C=CC(C)CCC(=O)c1c(Nc2ccc(Br)cc2F)c(C)c(=O)n2c1CCC2. The first kappa shape index (κ1) is 20.5. The van der Waals surface area contributed by atoms with Crippen LogP contribution in [0.4, 0.5) is 15.8 Å². The molecule has 2 aromatic rings. The van der Waals surface area contributed by atoms with E-state index in [0.29, 0.717) is 47.1 Å². The van der Waals surface area contributed by atoms with Crippen LogP contribution in [-0.4, -0.2) is 10.4 Å². The van der Waals surface area contributed by atoms with E-state index in [4.69, 9.17) is 0 Å². The summed E-state index contributed by atoms with van der Waals surface area (Å²) in [5, 5.41) is 3.04. The highest BCUT2D eigenvalue weighted by molar-refractivity contribution is 9.10. The molecule has 4 nitrogen and oxygen atoms in total. The van der Waals surface area contributed by atoms with E-state index in [-0.39, 0.29) is 22.9 Å². The van der Waals surface area contributed by atoms with Gasteiger partial charge in [-0.05, 0) is 50.3 Å². The van der Waals surface area contributed by atoms with Crippen molar-refractivity contribution in [2.45, 2.75) is 46.1 Å². The summed E-state index contributed by atoms with van der Waals surface area (Å²) in [5.41, 5.74) is 2.26. The molecule has 2 heterocycles. The van der Waals surface area contributed by atoms with Crippen LogP contribution in [0.1, 0.15) is 47.8 Å². The van der Waals surface area contributed by atoms with Crippen LogP contribution in [0, 0.1) is 18.7 Å². The molecule has 0 saturated heterocycles. The fourth-order valence-electron chi connectivity index (χ4n) is 3.58. The van der Waals surface area contributed by atoms with E-state index in [1.165, 1.54) is 6.07 Å². The molecule has 1 aromatic heterocycles. The maximum absolute atomic E-state index is 14.4. The first-order valence-corrected chi connectivity index (χ1v) is 10.3. The molecule has 0 aliphatic carbocycles. The number of hydrogen-bond acceptors (Lipinski definition) is 3. The lowest BCUT2D eigenvalue weighted by molar-refractivity contribution is 0.0976. The minimum absolute atomic E-state index is 0.0255. The molecule has 0 fully saturated rings. The van der Waals surface area contributed by atoms with Crippen molar-refractivity contribution in [3.63, 3.8) is 0 Å². The molecule has 1 unspecified atom stereocenters. The fourth-order valence-corrected chi connectivity index (χ4v) is 3.92. The smallest absolute Gasteiger partial charge is 0.255 e. The highest BCUT2D eigenvalue weighted by Gasteiger charge is 2.27. The van der Waals surface area contributed by atoms with Gasteiger partial charge in [0.15, 0.2) is 5.78 Å². The Bertz CT molecular complexity index is 997. The lowest BCUT2D eigenvalue weighted by Gasteiger charge is -2.19. The fraction of sp³-hybridized carbons (Fsp3) is 0.364. The van der Waals surface area contributed by atoms with E-state index in [1.54, 1.807) is 23.6 Å². The van der Waals surface area contributed by atoms with E-state index in [1.807, 2.05) is 13.0 Å². The third-order valence-electron chi connectivity index (χ3n) is 5.30. The molecule has 148 valence electrons. The van der Waals surface area contributed by atoms with Gasteiger partial charge in [0.05, 0.1) is 16.9 Å². The largest absolute Gasteiger partial charge is 0.352 e. The van der Waals surface area contributed by atoms with Crippen molar-refractivity contribution in [1.29, 1.82) is 0 Å². The van der Waals surface area contributed by atoms with Crippen molar-refractivity contribution < 1.29 is 9.18 Å². The van der Waals surface area contributed by atoms with Crippen molar-refractivity contribution in [3.8, 4) is 0 Å². The first-order chi connectivity index (χ1) is 13.3. The molecule has 0 radical (unpaired) electrons. The number of aromatic nitrogens is 1. The molecule has 1 atom stereocenters. The number of carbonyl (C=O) groups is 1. The second-order valence-corrected chi connectivity index (χ2v) is 8.22. The number of benzene rings is 1. The van der Waals surface area contributed by atoms with Crippen molar-refractivity contribution in [2.24, 2.45) is 5.92 Å². The van der Waals surface area contributed by atoms with Crippen LogP contribution in [0.5, 0.6) is 0 Å². The summed E-state index contributed by atoms with van der Waals surface area (Å²) >= 11 is 3.24. The molecule has 1 aromatic carbocycles. The third kappa shape index (κ3) is 3.97. The van der Waals surface area contributed by atoms with Crippen molar-refractivity contribution in [2.75, 3.05) is 5.32 Å². The van der Waals surface area contributed by atoms with E-state index in [2.05, 4.69) is 27.8 Å². The average molecular weight is 447 g/mol. The van der Waals surface area contributed by atoms with Crippen molar-refractivity contribution in [1.82, 2.24) is 4.57 Å². The third-order valence-corrected chi connectivity index (χ3v) is 5.79. The van der Waals surface area contributed by atoms with Crippen LogP contribution >= 0.6 is 15.9 Å². The maximum Gasteiger partial charge on any atom is 0.255 e. The number of pyridine rings is 1. The number of Topliss-reactive ketones (excluding diaryl/α,β-unsaturated/α-hetero) is 1. The van der Waals surface area contributed by atoms with Gasteiger partial charge in [0.2, 0.25) is 0 Å². The second kappa shape index (κ2) is 8.43. The normalized spacial score (nSPS) is 13.9. The van der Waals surface area contributed by atoms with E-state index >= 15 is 0 Å². The Balaban J connectivity index is 2.09. The van der Waals surface area contributed by atoms with Crippen LogP contribution in [0.25, 0.3) is 0 Å². The second-order valence-electron chi connectivity index (χ2n) is 7.31. The van der Waals surface area contributed by atoms with Crippen LogP contribution in [0.15, 0.2) is 40.1 Å². The van der Waals surface area contributed by atoms with Crippen LogP contribution in [0.2, 0.25) is 0 Å². The van der Waals surface area contributed by atoms with Gasteiger partial charge in [-0.15, -0.1) is 6.58 Å². The minimum atomic E-state index is -0.451. The van der Waals surface area contributed by atoms with Gasteiger partial charge in [-0.3, -0.25) is 9.59 Å². The number of nitrogens with zero attached hydrogens (tertiary/aromatic N) is 1. The molecular weight excluding hydrogens is 423 g/mol. The number of fused-ring (bicyclic) bond motifs is 1. The topological polar surface area (TPSA) is 51.1 Å². The molecule has 1 aliphatic heterocycles. The average Bonchev–Trinajstić information content (AvgIpc) is 3.15. The Morgan fingerprint density at radius 1 is 1.46 bits per heavy atom. The number of halogens is 2. The monoisotopic (exact) mass is 446 g/mol. The number of ketones is 1. The summed E-state index contributed by atoms with van der Waals surface area (Å²) in [6.45, 7) is 8.09. The quantitative estimate of drug-likeness (QED) is 0.449. The number of rotatable bonds is 7. The van der Waals surface area contributed by atoms with Gasteiger partial charge in [-0.2, -0.15) is 0 Å². The Labute approximate surface area is 172 Å². The van der Waals surface area contributed by atoms with Gasteiger partial charge in [0, 0.05) is 28.7 Å². The van der Waals surface area contributed by atoms with Crippen molar-refractivity contribution >= 4 is 33.1 Å². The lowest BCUT2D eigenvalue weighted by atomic mass is 9.95. The zero-order valence-electron chi connectivity index (χ0n) is 16.1. The number of carbonyl (C=O) groups excluding carboxylic acids is 1. The first-order valence-electron chi connectivity index (χ1n) is 9.47. The van der Waals surface area contributed by atoms with Gasteiger partial charge in [-0.1, -0.05) is 28.9 Å². The summed E-state index contributed by atoms with van der Waals surface area (Å²) in [4.78, 5) is 25.9. The summed E-state index contributed by atoms with van der Waals surface area (Å²) in [7, 11) is 0. The number of nitrogens with one attached hydrogen (secondary N) is 1. The molecule has 1 aliphatic rings. The molecule has 0 spiro atoms. The molecule has 3 rings (SSSR count). The molecule has 0 saturated carbocycles. The zero-order chi connectivity index (χ0) is 20.4. The van der Waals surface area contributed by atoms with E-state index in [0.717, 1.165) is 12.1 Å². The molecule has 28 heavy (non-hydrogen) atoms. The van der Waals surface area contributed by atoms with Gasteiger partial charge >= 0.3 is 0 Å². The maximum atomic E-state index is 14.4. The summed E-state index contributed by atoms with van der Waals surface area (Å²) in [6, 6.07) is 4.66. The highest BCUT2D eigenvalue weighted by atomic mass is 79.9. The van der Waals surface area contributed by atoms with Crippen LogP contribution in [0.3, 0.4) is 0 Å². The van der Waals surface area contributed by atoms with Gasteiger partial charge in [0.1, 0.15) is 5.82 Å². The Morgan fingerprint density at radius 2 is 2.21 bits per heavy atom. The predicted octanol–water partition coefficient (Wildman–Crippen LogP) is 5.53. The standard InChI is InChI=1S/C22H24BrFN2O2/c1-4-13(2)7-10-19(27)20-18-6-5-11-26(18)22(28)14(3)21(20)25-17-9-8-15(23)12-16(17)24/h4,8-9,12-13,25H,1,5-7,10-11H2,2-3H3. The number of hydrogen-bond donors (Lipinski definition) is 1. The lowest BCUT2D eigenvalue weighted by Crippen LogP contribution is -2.26. The molecule has 0 bridgehead atoms. The molecule has 0 amide bonds. The van der Waals surface area contributed by atoms with E-state index < -0.39 is 5.82 Å². The van der Waals surface area contributed by atoms with Crippen LogP contribution in [-0.2, 0) is 13.0 Å².